The lowest BCUT2D eigenvalue weighted by Gasteiger charge is -2.15. The molecular weight excluding hydrogens is 324 g/mol. The highest BCUT2D eigenvalue weighted by molar-refractivity contribution is 9.10. The Labute approximate surface area is 116 Å². The van der Waals surface area contributed by atoms with Crippen molar-refractivity contribution in [1.29, 1.82) is 0 Å². The molecule has 1 aromatic heterocycles. The molecule has 0 bridgehead atoms. The molecule has 18 heavy (non-hydrogen) atoms. The summed E-state index contributed by atoms with van der Waals surface area (Å²) in [5, 5.41) is 19.4. The van der Waals surface area contributed by atoms with Gasteiger partial charge in [-0.3, -0.25) is 14.9 Å². The maximum absolute atomic E-state index is 11.1. The second kappa shape index (κ2) is 6.14. The number of aliphatic carboxylic acids is 1. The number of aromatic nitrogens is 1. The van der Waals surface area contributed by atoms with E-state index in [1.54, 1.807) is 13.8 Å². The topological polar surface area (TPSA) is 93.3 Å². The fourth-order valence-electron chi connectivity index (χ4n) is 1.19. The maximum atomic E-state index is 11.1. The number of nitrogens with zero attached hydrogens (tertiary/aromatic N) is 2. The molecule has 1 heterocycles. The highest BCUT2D eigenvalue weighted by Gasteiger charge is 2.25. The van der Waals surface area contributed by atoms with E-state index in [4.69, 9.17) is 5.11 Å². The minimum absolute atomic E-state index is 0.0728. The van der Waals surface area contributed by atoms with Gasteiger partial charge >= 0.3 is 5.97 Å². The molecule has 0 aliphatic heterocycles. The van der Waals surface area contributed by atoms with Crippen LogP contribution in [0.25, 0.3) is 0 Å². The van der Waals surface area contributed by atoms with E-state index in [0.717, 1.165) is 18.0 Å². The molecule has 1 unspecified atom stereocenters. The zero-order chi connectivity index (χ0) is 13.9. The van der Waals surface area contributed by atoms with Crippen molar-refractivity contribution in [3.8, 4) is 0 Å². The Morgan fingerprint density at radius 2 is 2.22 bits per heavy atom. The number of halogens is 1. The van der Waals surface area contributed by atoms with Crippen molar-refractivity contribution in [2.24, 2.45) is 5.92 Å². The first-order valence-electron chi connectivity index (χ1n) is 5.02. The predicted molar refractivity (Wildman–Crippen MR) is 70.7 cm³/mol. The predicted octanol–water partition coefficient (Wildman–Crippen LogP) is 2.95. The van der Waals surface area contributed by atoms with Crippen LogP contribution in [0.15, 0.2) is 21.8 Å². The molecule has 98 valence electrons. The van der Waals surface area contributed by atoms with E-state index in [-0.39, 0.29) is 11.6 Å². The first-order chi connectivity index (χ1) is 8.32. The van der Waals surface area contributed by atoms with E-state index in [1.807, 2.05) is 0 Å². The summed E-state index contributed by atoms with van der Waals surface area (Å²) in [7, 11) is 0. The van der Waals surface area contributed by atoms with Gasteiger partial charge in [-0.1, -0.05) is 25.6 Å². The second-order valence-electron chi connectivity index (χ2n) is 3.86. The zero-order valence-electron chi connectivity index (χ0n) is 9.66. The van der Waals surface area contributed by atoms with Crippen molar-refractivity contribution >= 4 is 39.3 Å². The average molecular weight is 335 g/mol. The van der Waals surface area contributed by atoms with E-state index in [2.05, 4.69) is 20.9 Å². The van der Waals surface area contributed by atoms with E-state index in [0.29, 0.717) is 9.50 Å². The van der Waals surface area contributed by atoms with Gasteiger partial charge in [0.25, 0.3) is 5.69 Å². The van der Waals surface area contributed by atoms with Gasteiger partial charge in [0.15, 0.2) is 0 Å². The van der Waals surface area contributed by atoms with E-state index in [1.165, 1.54) is 6.07 Å². The molecule has 6 nitrogen and oxygen atoms in total. The highest BCUT2D eigenvalue weighted by atomic mass is 79.9. The minimum Gasteiger partial charge on any atom is -0.480 e. The largest absolute Gasteiger partial charge is 0.480 e. The van der Waals surface area contributed by atoms with Crippen LogP contribution >= 0.6 is 27.7 Å². The van der Waals surface area contributed by atoms with Crippen LogP contribution < -0.4 is 0 Å². The van der Waals surface area contributed by atoms with Crippen LogP contribution in [0.4, 0.5) is 5.69 Å². The van der Waals surface area contributed by atoms with Crippen molar-refractivity contribution in [2.75, 3.05) is 0 Å². The Morgan fingerprint density at radius 3 is 2.61 bits per heavy atom. The molecule has 0 saturated heterocycles. The number of hydrogen-bond donors (Lipinski definition) is 1. The van der Waals surface area contributed by atoms with Crippen LogP contribution in [-0.2, 0) is 4.79 Å². The lowest BCUT2D eigenvalue weighted by Crippen LogP contribution is -2.22. The molecule has 1 rings (SSSR count). The smallest absolute Gasteiger partial charge is 0.317 e. The fourth-order valence-corrected chi connectivity index (χ4v) is 2.71. The van der Waals surface area contributed by atoms with Crippen molar-refractivity contribution < 1.29 is 14.8 Å². The Morgan fingerprint density at radius 1 is 1.61 bits per heavy atom. The van der Waals surface area contributed by atoms with E-state index in [9.17, 15) is 14.9 Å². The zero-order valence-corrected chi connectivity index (χ0v) is 12.1. The van der Waals surface area contributed by atoms with Gasteiger partial charge in [-0.05, 0) is 21.8 Å². The summed E-state index contributed by atoms with van der Waals surface area (Å²) in [5.74, 6) is -1.00. The molecule has 0 spiro atoms. The summed E-state index contributed by atoms with van der Waals surface area (Å²) in [5.41, 5.74) is -0.136. The van der Waals surface area contributed by atoms with Gasteiger partial charge in [0.1, 0.15) is 16.5 Å². The van der Waals surface area contributed by atoms with Crippen molar-refractivity contribution in [1.82, 2.24) is 4.98 Å². The number of rotatable bonds is 5. The third-order valence-electron chi connectivity index (χ3n) is 2.09. The summed E-state index contributed by atoms with van der Waals surface area (Å²) in [6.07, 6.45) is 1.12. The quantitative estimate of drug-likeness (QED) is 0.505. The maximum Gasteiger partial charge on any atom is 0.317 e. The van der Waals surface area contributed by atoms with Crippen LogP contribution in [0.5, 0.6) is 0 Å². The number of thioether (sulfide) groups is 1. The summed E-state index contributed by atoms with van der Waals surface area (Å²) in [4.78, 5) is 25.0. The van der Waals surface area contributed by atoms with Gasteiger partial charge < -0.3 is 5.11 Å². The summed E-state index contributed by atoms with van der Waals surface area (Å²) in [6, 6.07) is 1.31. The molecule has 0 amide bonds. The number of carboxylic acid groups (broad SMARTS) is 1. The fraction of sp³-hybridized carbons (Fsp3) is 0.400. The van der Waals surface area contributed by atoms with Gasteiger partial charge in [0.05, 0.1) is 9.40 Å². The number of carbonyl (C=O) groups is 1. The molecule has 8 heteroatoms. The Bertz CT molecular complexity index is 481. The van der Waals surface area contributed by atoms with Gasteiger partial charge in [0.2, 0.25) is 0 Å². The minimum atomic E-state index is -0.929. The molecule has 0 aromatic carbocycles. The van der Waals surface area contributed by atoms with Crippen molar-refractivity contribution in [2.45, 2.75) is 24.1 Å². The first-order valence-corrected chi connectivity index (χ1v) is 6.69. The molecule has 1 aromatic rings. The number of nitro groups is 1. The Balaban J connectivity index is 2.97. The summed E-state index contributed by atoms with van der Waals surface area (Å²) >= 11 is 4.23. The van der Waals surface area contributed by atoms with Crippen LogP contribution in [0.2, 0.25) is 0 Å². The van der Waals surface area contributed by atoms with Crippen molar-refractivity contribution in [3.63, 3.8) is 0 Å². The molecule has 0 aliphatic carbocycles. The van der Waals surface area contributed by atoms with Crippen LogP contribution in [0.1, 0.15) is 13.8 Å². The Hall–Kier alpha value is -1.15. The molecule has 0 saturated carbocycles. The summed E-state index contributed by atoms with van der Waals surface area (Å²) in [6.45, 7) is 3.59. The number of carboxylic acids is 1. The molecule has 1 atom stereocenters. The van der Waals surface area contributed by atoms with E-state index >= 15 is 0 Å². The molecule has 0 radical (unpaired) electrons. The SMILES string of the molecule is CC(C)C(Sc1ncc([N+](=O)[O-])cc1Br)C(=O)O. The monoisotopic (exact) mass is 334 g/mol. The second-order valence-corrected chi connectivity index (χ2v) is 5.84. The molecule has 0 aliphatic rings. The third kappa shape index (κ3) is 3.67. The van der Waals surface area contributed by atoms with Gasteiger partial charge in [-0.2, -0.15) is 0 Å². The first kappa shape index (κ1) is 14.9. The van der Waals surface area contributed by atoms with Gasteiger partial charge in [0, 0.05) is 6.07 Å². The van der Waals surface area contributed by atoms with Gasteiger partial charge in [-0.25, -0.2) is 4.98 Å². The third-order valence-corrected chi connectivity index (χ3v) is 4.51. The summed E-state index contributed by atoms with van der Waals surface area (Å²) < 4.78 is 0.425. The Kier molecular flexibility index (Phi) is 5.09. The van der Waals surface area contributed by atoms with E-state index < -0.39 is 16.1 Å². The van der Waals surface area contributed by atoms with Crippen molar-refractivity contribution in [3.05, 3.63) is 26.9 Å². The standard InChI is InChI=1S/C10H11BrN2O4S/c1-5(2)8(10(14)15)18-9-7(11)3-6(4-12-9)13(16)17/h3-5,8H,1-2H3,(H,14,15). The number of pyridine rings is 1. The molecular formula is C10H11BrN2O4S. The number of hydrogen-bond acceptors (Lipinski definition) is 5. The van der Waals surface area contributed by atoms with Gasteiger partial charge in [-0.15, -0.1) is 0 Å². The van der Waals surface area contributed by atoms with Crippen LogP contribution in [0, 0.1) is 16.0 Å². The molecule has 1 N–H and O–H groups in total. The normalized spacial score (nSPS) is 12.4. The molecule has 0 fully saturated rings. The van der Waals surface area contributed by atoms with Crippen LogP contribution in [0.3, 0.4) is 0 Å². The van der Waals surface area contributed by atoms with Crippen LogP contribution in [-0.4, -0.2) is 26.2 Å². The highest BCUT2D eigenvalue weighted by Crippen LogP contribution is 2.33. The lowest BCUT2D eigenvalue weighted by molar-refractivity contribution is -0.385. The average Bonchev–Trinajstić information content (AvgIpc) is 2.25. The lowest BCUT2D eigenvalue weighted by atomic mass is 10.1.